The number of nitrogens with zero attached hydrogens (tertiary/aromatic N) is 2. The normalized spacial score (nSPS) is 10.7. The first-order chi connectivity index (χ1) is 11.1. The lowest BCUT2D eigenvalue weighted by molar-refractivity contribution is 0.112. The molecule has 0 unspecified atom stereocenters. The van der Waals surface area contributed by atoms with Crippen LogP contribution in [0, 0.1) is 12.7 Å². The van der Waals surface area contributed by atoms with E-state index in [1.165, 1.54) is 10.7 Å². The van der Waals surface area contributed by atoms with Crippen molar-refractivity contribution >= 4 is 17.9 Å². The lowest BCUT2D eigenvalue weighted by Gasteiger charge is -2.06. The molecule has 0 bridgehead atoms. The van der Waals surface area contributed by atoms with E-state index in [1.54, 1.807) is 18.3 Å². The highest BCUT2D eigenvalue weighted by Gasteiger charge is 2.13. The first kappa shape index (κ1) is 15.4. The number of carbonyl (C=O) groups excluding carboxylic acids is 1. The monoisotopic (exact) mass is 328 g/mol. The zero-order valence-electron chi connectivity index (χ0n) is 12.5. The van der Waals surface area contributed by atoms with Crippen molar-refractivity contribution in [1.82, 2.24) is 9.78 Å². The van der Waals surface area contributed by atoms with Gasteiger partial charge in [0.2, 0.25) is 0 Å². The molecular weight excluding hydrogens is 315 g/mol. The molecule has 3 nitrogen and oxygen atoms in total. The van der Waals surface area contributed by atoms with Crippen molar-refractivity contribution in [2.45, 2.75) is 13.5 Å². The quantitative estimate of drug-likeness (QED) is 0.660. The molecule has 1 aromatic heterocycles. The maximum atomic E-state index is 13.9. The SMILES string of the molecule is Cc1ccc(-c2nn(Cc3c(F)cccc3Cl)cc2C=O)cc1. The largest absolute Gasteiger partial charge is 0.298 e. The van der Waals surface area contributed by atoms with Crippen LogP contribution in [0.5, 0.6) is 0 Å². The Kier molecular flexibility index (Phi) is 4.26. The molecule has 0 aliphatic rings. The number of halogens is 2. The van der Waals surface area contributed by atoms with Gasteiger partial charge in [0.1, 0.15) is 11.5 Å². The summed E-state index contributed by atoms with van der Waals surface area (Å²) >= 11 is 6.04. The maximum absolute atomic E-state index is 13.9. The van der Waals surface area contributed by atoms with Gasteiger partial charge >= 0.3 is 0 Å². The Hall–Kier alpha value is -2.46. The van der Waals surface area contributed by atoms with Crippen LogP contribution >= 0.6 is 11.6 Å². The highest BCUT2D eigenvalue weighted by atomic mass is 35.5. The molecule has 0 saturated heterocycles. The molecule has 1 heterocycles. The van der Waals surface area contributed by atoms with E-state index in [1.807, 2.05) is 31.2 Å². The van der Waals surface area contributed by atoms with Gasteiger partial charge in [-0.3, -0.25) is 9.48 Å². The summed E-state index contributed by atoms with van der Waals surface area (Å²) in [6.45, 7) is 2.15. The van der Waals surface area contributed by atoms with Crippen molar-refractivity contribution in [2.24, 2.45) is 0 Å². The summed E-state index contributed by atoms with van der Waals surface area (Å²) in [5.74, 6) is -0.391. The van der Waals surface area contributed by atoms with E-state index in [0.29, 0.717) is 21.8 Å². The number of rotatable bonds is 4. The fourth-order valence-electron chi connectivity index (χ4n) is 2.39. The van der Waals surface area contributed by atoms with Crippen molar-refractivity contribution in [3.63, 3.8) is 0 Å². The second kappa shape index (κ2) is 6.34. The number of aldehydes is 1. The van der Waals surface area contributed by atoms with Crippen LogP contribution in [0.1, 0.15) is 21.5 Å². The first-order valence-corrected chi connectivity index (χ1v) is 7.49. The van der Waals surface area contributed by atoms with Gasteiger partial charge in [0.25, 0.3) is 0 Å². The minimum atomic E-state index is -0.391. The average molecular weight is 329 g/mol. The number of benzene rings is 2. The second-order valence-corrected chi connectivity index (χ2v) is 5.72. The Morgan fingerprint density at radius 1 is 1.22 bits per heavy atom. The number of hydrogen-bond donors (Lipinski definition) is 0. The lowest BCUT2D eigenvalue weighted by Crippen LogP contribution is -2.03. The van der Waals surface area contributed by atoms with E-state index in [2.05, 4.69) is 5.10 Å². The summed E-state index contributed by atoms with van der Waals surface area (Å²) in [7, 11) is 0. The van der Waals surface area contributed by atoms with E-state index < -0.39 is 5.82 Å². The molecule has 0 saturated carbocycles. The van der Waals surface area contributed by atoms with E-state index >= 15 is 0 Å². The van der Waals surface area contributed by atoms with Gasteiger partial charge < -0.3 is 0 Å². The minimum absolute atomic E-state index is 0.165. The third-order valence-electron chi connectivity index (χ3n) is 3.62. The third kappa shape index (κ3) is 3.17. The molecule has 0 amide bonds. The van der Waals surface area contributed by atoms with Crippen molar-refractivity contribution < 1.29 is 9.18 Å². The van der Waals surface area contributed by atoms with Crippen molar-refractivity contribution in [3.05, 3.63) is 76.2 Å². The van der Waals surface area contributed by atoms with Crippen LogP contribution in [0.4, 0.5) is 4.39 Å². The van der Waals surface area contributed by atoms with Gasteiger partial charge in [0.05, 0.1) is 12.1 Å². The van der Waals surface area contributed by atoms with Crippen molar-refractivity contribution in [3.8, 4) is 11.3 Å². The van der Waals surface area contributed by atoms with E-state index in [0.717, 1.165) is 17.4 Å². The molecule has 0 atom stereocenters. The molecule has 0 fully saturated rings. The van der Waals surface area contributed by atoms with Gasteiger partial charge in [0, 0.05) is 22.3 Å². The van der Waals surface area contributed by atoms with Crippen molar-refractivity contribution in [1.29, 1.82) is 0 Å². The highest BCUT2D eigenvalue weighted by Crippen LogP contribution is 2.24. The van der Waals surface area contributed by atoms with Crippen LogP contribution in [-0.2, 0) is 6.54 Å². The van der Waals surface area contributed by atoms with E-state index in [4.69, 9.17) is 11.6 Å². The summed E-state index contributed by atoms with van der Waals surface area (Å²) in [6.07, 6.45) is 2.35. The third-order valence-corrected chi connectivity index (χ3v) is 3.98. The Labute approximate surface area is 138 Å². The number of carbonyl (C=O) groups is 1. The Balaban J connectivity index is 1.99. The predicted octanol–water partition coefficient (Wildman–Crippen LogP) is 4.51. The summed E-state index contributed by atoms with van der Waals surface area (Å²) in [5.41, 5.74) is 3.36. The molecule has 0 aliphatic carbocycles. The number of hydrogen-bond acceptors (Lipinski definition) is 2. The second-order valence-electron chi connectivity index (χ2n) is 5.31. The topological polar surface area (TPSA) is 34.9 Å². The standard InChI is InChI=1S/C18H14ClFN2O/c1-12-5-7-13(8-6-12)18-14(11-23)9-22(21-18)10-15-16(19)3-2-4-17(15)20/h2-9,11H,10H2,1H3. The summed E-state index contributed by atoms with van der Waals surface area (Å²) in [6, 6.07) is 12.3. The summed E-state index contributed by atoms with van der Waals surface area (Å²) in [4.78, 5) is 11.3. The molecular formula is C18H14ClFN2O. The van der Waals surface area contributed by atoms with E-state index in [9.17, 15) is 9.18 Å². The fraction of sp³-hybridized carbons (Fsp3) is 0.111. The van der Waals surface area contributed by atoms with Crippen LogP contribution in [0.3, 0.4) is 0 Å². The number of aromatic nitrogens is 2. The molecule has 2 aromatic carbocycles. The lowest BCUT2D eigenvalue weighted by atomic mass is 10.1. The van der Waals surface area contributed by atoms with Crippen LogP contribution in [0.2, 0.25) is 5.02 Å². The van der Waals surface area contributed by atoms with Gasteiger partial charge in [-0.15, -0.1) is 0 Å². The van der Waals surface area contributed by atoms with E-state index in [-0.39, 0.29) is 6.54 Å². The molecule has 116 valence electrons. The zero-order chi connectivity index (χ0) is 16.4. The van der Waals surface area contributed by atoms with Crippen LogP contribution in [-0.4, -0.2) is 16.1 Å². The Morgan fingerprint density at radius 2 is 1.96 bits per heavy atom. The van der Waals surface area contributed by atoms with Crippen molar-refractivity contribution in [2.75, 3.05) is 0 Å². The molecule has 0 radical (unpaired) electrons. The molecule has 0 aliphatic heterocycles. The van der Waals surface area contributed by atoms with Gasteiger partial charge in [-0.2, -0.15) is 5.10 Å². The molecule has 23 heavy (non-hydrogen) atoms. The van der Waals surface area contributed by atoms with Crippen LogP contribution in [0.25, 0.3) is 11.3 Å². The predicted molar refractivity (Wildman–Crippen MR) is 88.3 cm³/mol. The molecule has 3 rings (SSSR count). The van der Waals surface area contributed by atoms with Gasteiger partial charge in [-0.25, -0.2) is 4.39 Å². The first-order valence-electron chi connectivity index (χ1n) is 7.11. The maximum Gasteiger partial charge on any atom is 0.153 e. The Morgan fingerprint density at radius 3 is 2.61 bits per heavy atom. The average Bonchev–Trinajstić information content (AvgIpc) is 2.95. The summed E-state index contributed by atoms with van der Waals surface area (Å²) < 4.78 is 15.4. The zero-order valence-corrected chi connectivity index (χ0v) is 13.2. The smallest absolute Gasteiger partial charge is 0.153 e. The minimum Gasteiger partial charge on any atom is -0.298 e. The number of aryl methyl sites for hydroxylation is 1. The van der Waals surface area contributed by atoms with Gasteiger partial charge in [-0.05, 0) is 19.1 Å². The highest BCUT2D eigenvalue weighted by molar-refractivity contribution is 6.31. The molecule has 3 aromatic rings. The van der Waals surface area contributed by atoms with Gasteiger partial charge in [0.15, 0.2) is 6.29 Å². The Bertz CT molecular complexity index is 836. The van der Waals surface area contributed by atoms with Gasteiger partial charge in [-0.1, -0.05) is 47.5 Å². The fourth-order valence-corrected chi connectivity index (χ4v) is 2.61. The molecule has 5 heteroatoms. The van der Waals surface area contributed by atoms with Crippen LogP contribution < -0.4 is 0 Å². The molecule has 0 spiro atoms. The summed E-state index contributed by atoms with van der Waals surface area (Å²) in [5, 5.41) is 4.76. The van der Waals surface area contributed by atoms with Crippen LogP contribution in [0.15, 0.2) is 48.7 Å². The molecule has 0 N–H and O–H groups in total.